The highest BCUT2D eigenvalue weighted by atomic mass is 16.5. The Bertz CT molecular complexity index is 491. The van der Waals surface area contributed by atoms with Gasteiger partial charge in [-0.05, 0) is 37.0 Å². The van der Waals surface area contributed by atoms with Crippen LogP contribution in [0.4, 0.5) is 0 Å². The van der Waals surface area contributed by atoms with Gasteiger partial charge in [-0.2, -0.15) is 0 Å². The van der Waals surface area contributed by atoms with Crippen LogP contribution in [0.2, 0.25) is 0 Å². The van der Waals surface area contributed by atoms with Gasteiger partial charge in [0, 0.05) is 26.2 Å². The largest absolute Gasteiger partial charge is 0.488 e. The van der Waals surface area contributed by atoms with Gasteiger partial charge < -0.3 is 24.8 Å². The Morgan fingerprint density at radius 2 is 1.79 bits per heavy atom. The molecule has 0 aliphatic carbocycles. The summed E-state index contributed by atoms with van der Waals surface area (Å²) < 4.78 is 11.3. The number of benzene rings is 1. The van der Waals surface area contributed by atoms with Gasteiger partial charge in [-0.15, -0.1) is 0 Å². The average molecular weight is 337 g/mol. The number of likely N-dealkylation sites (tertiary alicyclic amines) is 1. The zero-order valence-electron chi connectivity index (χ0n) is 13.9. The summed E-state index contributed by atoms with van der Waals surface area (Å²) in [4.78, 5) is 1.98. The maximum Gasteiger partial charge on any atom is 0.122 e. The molecule has 2 fully saturated rings. The molecular formula is C18H27NO5. The monoisotopic (exact) mass is 337 g/mol. The van der Waals surface area contributed by atoms with E-state index in [2.05, 4.69) is 0 Å². The highest BCUT2D eigenvalue weighted by Gasteiger charge is 2.32. The minimum Gasteiger partial charge on any atom is -0.488 e. The molecule has 0 radical (unpaired) electrons. The number of nitrogens with zero attached hydrogens (tertiary/aromatic N) is 1. The van der Waals surface area contributed by atoms with Crippen molar-refractivity contribution in [1.29, 1.82) is 0 Å². The second kappa shape index (κ2) is 8.27. The molecule has 2 unspecified atom stereocenters. The van der Waals surface area contributed by atoms with Crippen LogP contribution in [0.1, 0.15) is 18.4 Å². The molecule has 2 heterocycles. The van der Waals surface area contributed by atoms with Crippen LogP contribution in [0.15, 0.2) is 24.3 Å². The Kier molecular flexibility index (Phi) is 6.08. The Labute approximate surface area is 142 Å². The Morgan fingerprint density at radius 1 is 1.08 bits per heavy atom. The molecule has 1 aromatic rings. The molecule has 0 aromatic heterocycles. The van der Waals surface area contributed by atoms with Crippen molar-refractivity contribution in [2.75, 3.05) is 32.8 Å². The van der Waals surface area contributed by atoms with Crippen molar-refractivity contribution in [3.63, 3.8) is 0 Å². The molecule has 134 valence electrons. The van der Waals surface area contributed by atoms with Gasteiger partial charge in [-0.1, -0.05) is 12.1 Å². The van der Waals surface area contributed by atoms with E-state index < -0.39 is 18.3 Å². The fourth-order valence-corrected chi connectivity index (χ4v) is 3.28. The fraction of sp³-hybridized carbons (Fsp3) is 0.667. The summed E-state index contributed by atoms with van der Waals surface area (Å²) in [6.45, 7) is 3.00. The van der Waals surface area contributed by atoms with Gasteiger partial charge in [0.05, 0.1) is 18.8 Å². The van der Waals surface area contributed by atoms with Crippen molar-refractivity contribution in [1.82, 2.24) is 4.90 Å². The van der Waals surface area contributed by atoms with Gasteiger partial charge in [0.15, 0.2) is 0 Å². The first kappa shape index (κ1) is 17.6. The lowest BCUT2D eigenvalue weighted by Crippen LogP contribution is -2.55. The van der Waals surface area contributed by atoms with Crippen molar-refractivity contribution < 1.29 is 24.8 Å². The van der Waals surface area contributed by atoms with Crippen molar-refractivity contribution in [2.24, 2.45) is 0 Å². The van der Waals surface area contributed by atoms with Crippen LogP contribution in [-0.2, 0) is 11.2 Å². The van der Waals surface area contributed by atoms with E-state index in [0.717, 1.165) is 38.2 Å². The molecule has 2 aliphatic rings. The lowest BCUT2D eigenvalue weighted by molar-refractivity contribution is -0.109. The van der Waals surface area contributed by atoms with E-state index in [-0.39, 0.29) is 6.10 Å². The number of aliphatic hydroxyl groups excluding tert-OH is 3. The summed E-state index contributed by atoms with van der Waals surface area (Å²) >= 11 is 0. The van der Waals surface area contributed by atoms with E-state index in [1.165, 1.54) is 5.56 Å². The van der Waals surface area contributed by atoms with E-state index in [9.17, 15) is 15.3 Å². The van der Waals surface area contributed by atoms with E-state index in [1.54, 1.807) is 0 Å². The normalized spacial score (nSPS) is 31.8. The molecule has 4 atom stereocenters. The van der Waals surface area contributed by atoms with E-state index in [1.807, 2.05) is 29.2 Å². The second-order valence-electron chi connectivity index (χ2n) is 6.74. The topological polar surface area (TPSA) is 82.4 Å². The van der Waals surface area contributed by atoms with Crippen molar-refractivity contribution >= 4 is 0 Å². The summed E-state index contributed by atoms with van der Waals surface area (Å²) in [6.07, 6.45) is 0.235. The van der Waals surface area contributed by atoms with Crippen LogP contribution in [-0.4, -0.2) is 77.5 Å². The summed E-state index contributed by atoms with van der Waals surface area (Å²) in [5, 5.41) is 29.0. The highest BCUT2D eigenvalue weighted by molar-refractivity contribution is 5.27. The average Bonchev–Trinajstić information content (AvgIpc) is 2.60. The molecule has 24 heavy (non-hydrogen) atoms. The van der Waals surface area contributed by atoms with Gasteiger partial charge in [-0.25, -0.2) is 0 Å². The first-order valence-electron chi connectivity index (χ1n) is 8.72. The number of hydrogen-bond donors (Lipinski definition) is 3. The van der Waals surface area contributed by atoms with Gasteiger partial charge in [0.25, 0.3) is 0 Å². The quantitative estimate of drug-likeness (QED) is 0.711. The second-order valence-corrected chi connectivity index (χ2v) is 6.74. The number of aliphatic hydroxyl groups is 3. The van der Waals surface area contributed by atoms with E-state index in [0.29, 0.717) is 19.7 Å². The minimum atomic E-state index is -1.04. The van der Waals surface area contributed by atoms with Gasteiger partial charge in [0.2, 0.25) is 0 Å². The van der Waals surface area contributed by atoms with Crippen LogP contribution < -0.4 is 4.74 Å². The number of ether oxygens (including phenoxy) is 2. The molecule has 1 aromatic carbocycles. The summed E-state index contributed by atoms with van der Waals surface area (Å²) in [5.41, 5.74) is 1.18. The van der Waals surface area contributed by atoms with E-state index in [4.69, 9.17) is 9.47 Å². The number of hydrogen-bond acceptors (Lipinski definition) is 6. The lowest BCUT2D eigenvalue weighted by atomic mass is 10.0. The molecule has 0 saturated carbocycles. The highest BCUT2D eigenvalue weighted by Crippen LogP contribution is 2.19. The van der Waals surface area contributed by atoms with E-state index >= 15 is 0 Å². The van der Waals surface area contributed by atoms with Gasteiger partial charge in [-0.3, -0.25) is 4.90 Å². The molecule has 3 rings (SSSR count). The van der Waals surface area contributed by atoms with Crippen LogP contribution in [0.3, 0.4) is 0 Å². The maximum atomic E-state index is 9.73. The molecule has 0 spiro atoms. The van der Waals surface area contributed by atoms with Crippen LogP contribution in [0.5, 0.6) is 5.75 Å². The van der Waals surface area contributed by atoms with Crippen LogP contribution >= 0.6 is 0 Å². The molecule has 3 N–H and O–H groups in total. The number of rotatable bonds is 5. The third-order valence-electron chi connectivity index (χ3n) is 4.74. The lowest BCUT2D eigenvalue weighted by Gasteiger charge is -2.36. The van der Waals surface area contributed by atoms with Crippen LogP contribution in [0, 0.1) is 0 Å². The first-order valence-corrected chi connectivity index (χ1v) is 8.72. The molecule has 6 heteroatoms. The third kappa shape index (κ3) is 4.68. The maximum absolute atomic E-state index is 9.73. The van der Waals surface area contributed by atoms with Crippen molar-refractivity contribution in [3.05, 3.63) is 29.8 Å². The molecular weight excluding hydrogens is 310 g/mol. The summed E-state index contributed by atoms with van der Waals surface area (Å²) in [6, 6.07) is 8.05. The Hall–Kier alpha value is -1.18. The molecule has 0 amide bonds. The number of β-amino-alcohol motifs (C(OH)–C–C–N with tert-alkyl or cyclic N) is 2. The molecule has 2 aliphatic heterocycles. The zero-order chi connectivity index (χ0) is 16.9. The first-order chi connectivity index (χ1) is 11.6. The molecule has 2 saturated heterocycles. The summed E-state index contributed by atoms with van der Waals surface area (Å²) in [5.74, 6) is 0.862. The SMILES string of the molecule is OC1[C@H](O)CN(CCc2ccc(OC3CCCOC3)cc2)C[C@@H]1O. The Morgan fingerprint density at radius 3 is 2.42 bits per heavy atom. The van der Waals surface area contributed by atoms with Crippen molar-refractivity contribution in [3.8, 4) is 5.75 Å². The van der Waals surface area contributed by atoms with Crippen LogP contribution in [0.25, 0.3) is 0 Å². The third-order valence-corrected chi connectivity index (χ3v) is 4.74. The van der Waals surface area contributed by atoms with Crippen molar-refractivity contribution in [2.45, 2.75) is 43.7 Å². The number of piperidine rings is 1. The Balaban J connectivity index is 1.46. The summed E-state index contributed by atoms with van der Waals surface area (Å²) in [7, 11) is 0. The predicted octanol–water partition coefficient (Wildman–Crippen LogP) is 0.185. The zero-order valence-corrected chi connectivity index (χ0v) is 13.9. The minimum absolute atomic E-state index is 0.146. The molecule has 0 bridgehead atoms. The fourth-order valence-electron chi connectivity index (χ4n) is 3.28. The predicted molar refractivity (Wildman–Crippen MR) is 89.1 cm³/mol. The standard InChI is InChI=1S/C18H27NO5/c20-16-10-19(11-17(21)18(16)22)8-7-13-3-5-14(6-4-13)24-15-2-1-9-23-12-15/h3-6,15-18,20-22H,1-2,7-12H2/t15?,16-,17+,18?. The van der Waals surface area contributed by atoms with Gasteiger partial charge in [0.1, 0.15) is 18.0 Å². The molecule has 6 nitrogen and oxygen atoms in total. The van der Waals surface area contributed by atoms with Gasteiger partial charge >= 0.3 is 0 Å². The smallest absolute Gasteiger partial charge is 0.122 e.